The number of aryl methyl sites for hydroxylation is 2. The van der Waals surface area contributed by atoms with Crippen LogP contribution in [0.1, 0.15) is 62.8 Å². The van der Waals surface area contributed by atoms with E-state index in [1.54, 1.807) is 33.0 Å². The minimum atomic E-state index is -4.53. The van der Waals surface area contributed by atoms with Gasteiger partial charge in [0.15, 0.2) is 0 Å². The van der Waals surface area contributed by atoms with Crippen molar-refractivity contribution >= 4 is 17.7 Å². The zero-order valence-corrected chi connectivity index (χ0v) is 25.2. The average Bonchev–Trinajstić information content (AvgIpc) is 3.22. The van der Waals surface area contributed by atoms with E-state index < -0.39 is 36.6 Å². The van der Waals surface area contributed by atoms with E-state index in [0.29, 0.717) is 24.0 Å². The highest BCUT2D eigenvalue weighted by Gasteiger charge is 2.36. The van der Waals surface area contributed by atoms with E-state index in [1.807, 2.05) is 0 Å². The van der Waals surface area contributed by atoms with Crippen molar-refractivity contribution < 1.29 is 49.0 Å². The number of carbonyl (C=O) groups excluding carboxylic acids is 1. The second kappa shape index (κ2) is 16.9. The summed E-state index contributed by atoms with van der Waals surface area (Å²) in [7, 11) is 1.61. The molecule has 1 aliphatic heterocycles. The standard InChI is InChI=1S/C17H21F3N6O2.C9H11F3.C2H3F3/c1-4-28-16(27)26-7-5-6-13(21-15-22-24-25(3)23-15)11-8-10(2)12(9-14(11)26)17(18,19)20;1-3-4-5-8(2)6-7-9(10,11)12;1-2(3,4)5/h8-9,13H,4-7H2,1-3H3,(H,21,23);3-6H,1,7H2,2H3;1H3/b;5-4-,8-6-;. The number of allylic oxidation sites excluding steroid dienone is 5. The molecular weight excluding hydrogens is 623 g/mol. The van der Waals surface area contributed by atoms with Crippen LogP contribution in [0.25, 0.3) is 0 Å². The Hall–Kier alpha value is -4.05. The van der Waals surface area contributed by atoms with Crippen LogP contribution in [-0.4, -0.2) is 51.8 Å². The van der Waals surface area contributed by atoms with Gasteiger partial charge in [-0.3, -0.25) is 4.90 Å². The molecule has 2 aromatic rings. The van der Waals surface area contributed by atoms with E-state index in [1.165, 1.54) is 28.8 Å². The van der Waals surface area contributed by atoms with Gasteiger partial charge in [-0.1, -0.05) is 47.6 Å². The number of carbonyl (C=O) groups is 1. The number of nitrogens with zero attached hydrogens (tertiary/aromatic N) is 5. The predicted molar refractivity (Wildman–Crippen MR) is 150 cm³/mol. The third-order valence-corrected chi connectivity index (χ3v) is 5.67. The molecule has 1 amide bonds. The Morgan fingerprint density at radius 2 is 1.78 bits per heavy atom. The Kier molecular flexibility index (Phi) is 14.6. The third kappa shape index (κ3) is 15.0. The summed E-state index contributed by atoms with van der Waals surface area (Å²) in [4.78, 5) is 14.9. The molecule has 1 aromatic heterocycles. The zero-order valence-electron chi connectivity index (χ0n) is 25.2. The van der Waals surface area contributed by atoms with Crippen LogP contribution >= 0.6 is 0 Å². The lowest BCUT2D eigenvalue weighted by Crippen LogP contribution is -2.32. The Labute approximate surface area is 254 Å². The molecule has 8 nitrogen and oxygen atoms in total. The smallest absolute Gasteiger partial charge is 0.416 e. The number of tetrazole rings is 1. The van der Waals surface area contributed by atoms with Crippen LogP contribution in [0.4, 0.5) is 55.9 Å². The Morgan fingerprint density at radius 3 is 2.27 bits per heavy atom. The van der Waals surface area contributed by atoms with Gasteiger partial charge >= 0.3 is 24.6 Å². The lowest BCUT2D eigenvalue weighted by molar-refractivity contribution is -0.138. The number of ether oxygens (including phenoxy) is 1. The van der Waals surface area contributed by atoms with Crippen molar-refractivity contribution in [2.45, 2.75) is 71.5 Å². The SMILES string of the molecule is C=C/C=C\C(C)=C/CC(F)(F)F.CC(F)(F)F.CCOC(=O)N1CCCC(Nc2nnn(C)n2)c2cc(C)c(C(F)(F)F)cc21. The van der Waals surface area contributed by atoms with Gasteiger partial charge in [0.25, 0.3) is 5.95 Å². The Bertz CT molecular complexity index is 1310. The molecule has 252 valence electrons. The lowest BCUT2D eigenvalue weighted by atomic mass is 9.96. The van der Waals surface area contributed by atoms with Gasteiger partial charge in [-0.2, -0.15) is 44.3 Å². The monoisotopic (exact) mass is 658 g/mol. The number of benzene rings is 1. The van der Waals surface area contributed by atoms with Gasteiger partial charge in [-0.25, -0.2) is 4.79 Å². The summed E-state index contributed by atoms with van der Waals surface area (Å²) in [6.45, 7) is 8.64. The molecule has 2 heterocycles. The first-order valence-corrected chi connectivity index (χ1v) is 13.4. The van der Waals surface area contributed by atoms with Crippen LogP contribution in [0, 0.1) is 6.92 Å². The molecule has 0 saturated heterocycles. The van der Waals surface area contributed by atoms with Gasteiger partial charge < -0.3 is 10.1 Å². The number of fused-ring (bicyclic) bond motifs is 1. The maximum atomic E-state index is 13.5. The van der Waals surface area contributed by atoms with E-state index in [0.717, 1.165) is 12.1 Å². The molecule has 3 rings (SSSR count). The zero-order chi connectivity index (χ0) is 34.6. The molecule has 17 heteroatoms. The number of hydrogen-bond donors (Lipinski definition) is 1. The fourth-order valence-corrected chi connectivity index (χ4v) is 3.87. The van der Waals surface area contributed by atoms with Crippen molar-refractivity contribution in [2.75, 3.05) is 23.4 Å². The maximum Gasteiger partial charge on any atom is 0.416 e. The molecule has 1 N–H and O–H groups in total. The number of anilines is 2. The molecule has 45 heavy (non-hydrogen) atoms. The van der Waals surface area contributed by atoms with Crippen molar-refractivity contribution in [3.63, 3.8) is 0 Å². The van der Waals surface area contributed by atoms with Crippen LogP contribution in [0.15, 0.2) is 48.6 Å². The van der Waals surface area contributed by atoms with Crippen molar-refractivity contribution in [1.82, 2.24) is 20.2 Å². The largest absolute Gasteiger partial charge is 0.449 e. The summed E-state index contributed by atoms with van der Waals surface area (Å²) in [5.74, 6) is 0.264. The molecule has 1 aliphatic rings. The highest BCUT2D eigenvalue weighted by molar-refractivity contribution is 5.89. The second-order valence-electron chi connectivity index (χ2n) is 9.66. The van der Waals surface area contributed by atoms with Gasteiger partial charge in [0.2, 0.25) is 0 Å². The van der Waals surface area contributed by atoms with Crippen molar-refractivity contribution in [3.05, 3.63) is 65.3 Å². The molecule has 0 spiro atoms. The molecule has 1 unspecified atom stereocenters. The number of alkyl halides is 9. The van der Waals surface area contributed by atoms with Gasteiger partial charge in [-0.15, -0.1) is 5.10 Å². The minimum absolute atomic E-state index is 0.0795. The van der Waals surface area contributed by atoms with Gasteiger partial charge in [0.05, 0.1) is 37.4 Å². The van der Waals surface area contributed by atoms with Gasteiger partial charge in [0.1, 0.15) is 0 Å². The van der Waals surface area contributed by atoms with Crippen LogP contribution in [0.3, 0.4) is 0 Å². The number of halogens is 9. The summed E-state index contributed by atoms with van der Waals surface area (Å²) < 4.78 is 111. The van der Waals surface area contributed by atoms with Crippen LogP contribution in [-0.2, 0) is 18.0 Å². The first-order valence-electron chi connectivity index (χ1n) is 13.4. The van der Waals surface area contributed by atoms with Crippen LogP contribution < -0.4 is 10.2 Å². The third-order valence-electron chi connectivity index (χ3n) is 5.67. The van der Waals surface area contributed by atoms with Crippen LogP contribution in [0.2, 0.25) is 0 Å². The maximum absolute atomic E-state index is 13.5. The fraction of sp³-hybridized carbons (Fsp3) is 0.500. The van der Waals surface area contributed by atoms with Gasteiger partial charge in [0, 0.05) is 13.5 Å². The summed E-state index contributed by atoms with van der Waals surface area (Å²) in [5.41, 5.74) is 0.626. The van der Waals surface area contributed by atoms with E-state index in [9.17, 15) is 44.3 Å². The predicted octanol–water partition coefficient (Wildman–Crippen LogP) is 8.64. The molecule has 0 fully saturated rings. The quantitative estimate of drug-likeness (QED) is 0.247. The number of hydrogen-bond acceptors (Lipinski definition) is 6. The number of aromatic nitrogens is 4. The number of amides is 1. The normalized spacial score (nSPS) is 15.6. The summed E-state index contributed by atoms with van der Waals surface area (Å²) in [6.07, 6.45) is -7.20. The van der Waals surface area contributed by atoms with E-state index in [4.69, 9.17) is 4.74 Å². The summed E-state index contributed by atoms with van der Waals surface area (Å²) in [6, 6.07) is 2.11. The topological polar surface area (TPSA) is 85.2 Å². The highest BCUT2D eigenvalue weighted by atomic mass is 19.4. The van der Waals surface area contributed by atoms with Crippen molar-refractivity contribution in [1.29, 1.82) is 0 Å². The molecule has 0 bridgehead atoms. The molecular formula is C28H35F9N6O2. The molecule has 1 atom stereocenters. The first kappa shape index (κ1) is 39.0. The van der Waals surface area contributed by atoms with Crippen molar-refractivity contribution in [3.8, 4) is 0 Å². The Morgan fingerprint density at radius 1 is 1.16 bits per heavy atom. The summed E-state index contributed by atoms with van der Waals surface area (Å²) in [5, 5.41) is 14.8. The molecule has 0 radical (unpaired) electrons. The molecule has 0 saturated carbocycles. The highest BCUT2D eigenvalue weighted by Crippen LogP contribution is 2.41. The van der Waals surface area contributed by atoms with Crippen molar-refractivity contribution in [2.24, 2.45) is 7.05 Å². The first-order chi connectivity index (χ1) is 20.7. The second-order valence-corrected chi connectivity index (χ2v) is 9.66. The van der Waals surface area contributed by atoms with Crippen LogP contribution in [0.5, 0.6) is 0 Å². The minimum Gasteiger partial charge on any atom is -0.449 e. The summed E-state index contributed by atoms with van der Waals surface area (Å²) >= 11 is 0. The average molecular weight is 659 g/mol. The number of nitrogens with one attached hydrogen (secondary N) is 1. The fourth-order valence-electron chi connectivity index (χ4n) is 3.87. The van der Waals surface area contributed by atoms with Gasteiger partial charge in [-0.05, 0) is 56.0 Å². The number of rotatable bonds is 6. The molecule has 1 aromatic carbocycles. The molecule has 0 aliphatic carbocycles. The van der Waals surface area contributed by atoms with E-state index in [-0.39, 0.29) is 43.3 Å². The Balaban J connectivity index is 0.000000495. The van der Waals surface area contributed by atoms with E-state index in [2.05, 4.69) is 27.3 Å². The van der Waals surface area contributed by atoms with E-state index >= 15 is 0 Å². The lowest BCUT2D eigenvalue weighted by Gasteiger charge is -2.26.